The zero-order chi connectivity index (χ0) is 14.4. The highest BCUT2D eigenvalue weighted by molar-refractivity contribution is 6.30. The molecule has 1 atom stereocenters. The molecule has 1 aliphatic rings. The zero-order valence-electron chi connectivity index (χ0n) is 11.5. The molecule has 0 bridgehead atoms. The number of benzene rings is 1. The van der Waals surface area contributed by atoms with Crippen LogP contribution in [0.1, 0.15) is 31.2 Å². The van der Waals surface area contributed by atoms with E-state index >= 15 is 0 Å². The number of carbonyl (C=O) groups excluding carboxylic acids is 1. The fraction of sp³-hybridized carbons (Fsp3) is 0.438. The number of amides is 1. The molecule has 3 nitrogen and oxygen atoms in total. The Morgan fingerprint density at radius 3 is 3.10 bits per heavy atom. The van der Waals surface area contributed by atoms with Gasteiger partial charge in [0.2, 0.25) is 5.91 Å². The number of rotatable bonds is 5. The Hall–Kier alpha value is -1.32. The maximum atomic E-state index is 12.2. The second kappa shape index (κ2) is 7.46. The van der Waals surface area contributed by atoms with Crippen molar-refractivity contribution >= 4 is 23.6 Å². The first-order valence-electron chi connectivity index (χ1n) is 7.06. The van der Waals surface area contributed by atoms with E-state index in [-0.39, 0.29) is 18.6 Å². The van der Waals surface area contributed by atoms with Crippen LogP contribution >= 0.6 is 11.6 Å². The molecule has 1 heterocycles. The summed E-state index contributed by atoms with van der Waals surface area (Å²) in [5, 5.41) is 9.57. The topological polar surface area (TPSA) is 40.5 Å². The van der Waals surface area contributed by atoms with Crippen LogP contribution in [0.25, 0.3) is 6.08 Å². The molecule has 0 aromatic heterocycles. The third kappa shape index (κ3) is 4.09. The number of aliphatic hydroxyl groups excluding tert-OH is 1. The van der Waals surface area contributed by atoms with Crippen molar-refractivity contribution in [2.24, 2.45) is 0 Å². The largest absolute Gasteiger partial charge is 0.396 e. The van der Waals surface area contributed by atoms with Crippen LogP contribution in [0, 0.1) is 0 Å². The number of likely N-dealkylation sites (tertiary alicyclic amines) is 1. The Labute approximate surface area is 124 Å². The first kappa shape index (κ1) is 15.1. The average molecular weight is 294 g/mol. The fourth-order valence-corrected chi connectivity index (χ4v) is 2.83. The lowest BCUT2D eigenvalue weighted by molar-refractivity contribution is -0.126. The normalized spacial score (nSPS) is 18.9. The van der Waals surface area contributed by atoms with Crippen LogP contribution in [0.3, 0.4) is 0 Å². The molecular formula is C16H20ClNO2. The first-order chi connectivity index (χ1) is 9.70. The van der Waals surface area contributed by atoms with Crippen LogP contribution in [-0.4, -0.2) is 35.1 Å². The number of aliphatic hydroxyl groups is 1. The Bertz CT molecular complexity index is 487. The number of carbonyl (C=O) groups is 1. The van der Waals surface area contributed by atoms with Crippen molar-refractivity contribution in [2.75, 3.05) is 13.2 Å². The summed E-state index contributed by atoms with van der Waals surface area (Å²) in [5.41, 5.74) is 0.928. The quantitative estimate of drug-likeness (QED) is 0.848. The Morgan fingerprint density at radius 2 is 2.35 bits per heavy atom. The summed E-state index contributed by atoms with van der Waals surface area (Å²) in [4.78, 5) is 14.1. The highest BCUT2D eigenvalue weighted by atomic mass is 35.5. The van der Waals surface area contributed by atoms with Crippen molar-refractivity contribution in [1.29, 1.82) is 0 Å². The predicted octanol–water partition coefficient (Wildman–Crippen LogP) is 3.12. The van der Waals surface area contributed by atoms with E-state index in [0.29, 0.717) is 5.02 Å². The van der Waals surface area contributed by atoms with Gasteiger partial charge >= 0.3 is 0 Å². The van der Waals surface area contributed by atoms with Gasteiger partial charge in [-0.05, 0) is 49.5 Å². The highest BCUT2D eigenvalue weighted by Crippen LogP contribution is 2.22. The first-order valence-corrected chi connectivity index (χ1v) is 7.43. The molecule has 1 fully saturated rings. The Morgan fingerprint density at radius 1 is 1.50 bits per heavy atom. The predicted molar refractivity (Wildman–Crippen MR) is 81.5 cm³/mol. The van der Waals surface area contributed by atoms with Gasteiger partial charge in [0, 0.05) is 30.3 Å². The van der Waals surface area contributed by atoms with Crippen molar-refractivity contribution in [2.45, 2.75) is 31.7 Å². The van der Waals surface area contributed by atoms with Crippen LogP contribution < -0.4 is 0 Å². The van der Waals surface area contributed by atoms with Gasteiger partial charge in [0.15, 0.2) is 0 Å². The molecule has 1 saturated heterocycles. The lowest BCUT2D eigenvalue weighted by Crippen LogP contribution is -2.34. The molecule has 4 heteroatoms. The molecule has 1 aromatic carbocycles. The van der Waals surface area contributed by atoms with Gasteiger partial charge in [-0.2, -0.15) is 0 Å². The molecule has 108 valence electrons. The number of hydrogen-bond acceptors (Lipinski definition) is 2. The van der Waals surface area contributed by atoms with Gasteiger partial charge in [0.25, 0.3) is 0 Å². The monoisotopic (exact) mass is 293 g/mol. The second-order valence-electron chi connectivity index (χ2n) is 5.08. The summed E-state index contributed by atoms with van der Waals surface area (Å²) in [6.45, 7) is 1.01. The molecule has 0 aliphatic carbocycles. The highest BCUT2D eigenvalue weighted by Gasteiger charge is 2.26. The van der Waals surface area contributed by atoms with Crippen molar-refractivity contribution in [1.82, 2.24) is 4.90 Å². The third-order valence-corrected chi connectivity index (χ3v) is 3.86. The zero-order valence-corrected chi connectivity index (χ0v) is 12.2. The van der Waals surface area contributed by atoms with Crippen LogP contribution in [0.15, 0.2) is 30.3 Å². The minimum atomic E-state index is 0.0467. The Kier molecular flexibility index (Phi) is 5.62. The van der Waals surface area contributed by atoms with Gasteiger partial charge < -0.3 is 10.0 Å². The maximum absolute atomic E-state index is 12.2. The average Bonchev–Trinajstić information content (AvgIpc) is 2.91. The van der Waals surface area contributed by atoms with Crippen molar-refractivity contribution in [3.05, 3.63) is 40.9 Å². The molecule has 0 saturated carbocycles. The van der Waals surface area contributed by atoms with Crippen LogP contribution in [-0.2, 0) is 4.79 Å². The standard InChI is InChI=1S/C16H20ClNO2/c17-14-5-1-4-13(12-14)8-9-16(20)18-10-2-6-15(18)7-3-11-19/h1,4-5,8-9,12,15,19H,2-3,6-7,10-11H2. The molecule has 1 N–H and O–H groups in total. The van der Waals surface area contributed by atoms with E-state index in [9.17, 15) is 4.79 Å². The summed E-state index contributed by atoms with van der Waals surface area (Å²) < 4.78 is 0. The number of nitrogens with zero attached hydrogens (tertiary/aromatic N) is 1. The fourth-order valence-electron chi connectivity index (χ4n) is 2.63. The molecule has 0 spiro atoms. The maximum Gasteiger partial charge on any atom is 0.246 e. The molecule has 20 heavy (non-hydrogen) atoms. The summed E-state index contributed by atoms with van der Waals surface area (Å²) in [5.74, 6) is 0.0467. The van der Waals surface area contributed by atoms with Gasteiger partial charge in [0.05, 0.1) is 0 Å². The van der Waals surface area contributed by atoms with Gasteiger partial charge in [-0.3, -0.25) is 4.79 Å². The Balaban J connectivity index is 1.96. The number of hydrogen-bond donors (Lipinski definition) is 1. The summed E-state index contributed by atoms with van der Waals surface area (Å²) in [6, 6.07) is 7.71. The minimum absolute atomic E-state index is 0.0467. The van der Waals surface area contributed by atoms with Crippen molar-refractivity contribution in [3.8, 4) is 0 Å². The van der Waals surface area contributed by atoms with Gasteiger partial charge in [-0.25, -0.2) is 0 Å². The van der Waals surface area contributed by atoms with E-state index in [1.165, 1.54) is 0 Å². The molecule has 1 aliphatic heterocycles. The lowest BCUT2D eigenvalue weighted by Gasteiger charge is -2.23. The SMILES string of the molecule is O=C(C=Cc1cccc(Cl)c1)N1CCCC1CCCO. The van der Waals surface area contributed by atoms with Gasteiger partial charge in [-0.15, -0.1) is 0 Å². The van der Waals surface area contributed by atoms with E-state index < -0.39 is 0 Å². The van der Waals surface area contributed by atoms with Gasteiger partial charge in [-0.1, -0.05) is 23.7 Å². The molecular weight excluding hydrogens is 274 g/mol. The summed E-state index contributed by atoms with van der Waals surface area (Å²) in [7, 11) is 0. The van der Waals surface area contributed by atoms with Crippen LogP contribution in [0.4, 0.5) is 0 Å². The summed E-state index contributed by atoms with van der Waals surface area (Å²) in [6.07, 6.45) is 7.14. The van der Waals surface area contributed by atoms with Gasteiger partial charge in [0.1, 0.15) is 0 Å². The second-order valence-corrected chi connectivity index (χ2v) is 5.52. The minimum Gasteiger partial charge on any atom is -0.396 e. The molecule has 1 amide bonds. The third-order valence-electron chi connectivity index (χ3n) is 3.62. The molecule has 1 aromatic rings. The van der Waals surface area contributed by atoms with E-state index in [1.807, 2.05) is 29.2 Å². The number of halogens is 1. The molecule has 0 radical (unpaired) electrons. The van der Waals surface area contributed by atoms with E-state index in [0.717, 1.165) is 37.8 Å². The van der Waals surface area contributed by atoms with Crippen molar-refractivity contribution in [3.63, 3.8) is 0 Å². The lowest BCUT2D eigenvalue weighted by atomic mass is 10.1. The van der Waals surface area contributed by atoms with E-state index in [1.54, 1.807) is 12.2 Å². The molecule has 1 unspecified atom stereocenters. The van der Waals surface area contributed by atoms with E-state index in [2.05, 4.69) is 0 Å². The van der Waals surface area contributed by atoms with Crippen molar-refractivity contribution < 1.29 is 9.90 Å². The van der Waals surface area contributed by atoms with Crippen LogP contribution in [0.2, 0.25) is 5.02 Å². The molecule has 2 rings (SSSR count). The van der Waals surface area contributed by atoms with Crippen LogP contribution in [0.5, 0.6) is 0 Å². The summed E-state index contributed by atoms with van der Waals surface area (Å²) >= 11 is 5.91. The smallest absolute Gasteiger partial charge is 0.246 e. The van der Waals surface area contributed by atoms with E-state index in [4.69, 9.17) is 16.7 Å².